The molecule has 5 nitrogen and oxygen atoms in total. The van der Waals surface area contributed by atoms with Gasteiger partial charge < -0.3 is 9.84 Å². The first-order valence-corrected chi connectivity index (χ1v) is 8.85. The molecule has 0 spiro atoms. The fourth-order valence-corrected chi connectivity index (χ4v) is 2.90. The predicted octanol–water partition coefficient (Wildman–Crippen LogP) is 5.02. The van der Waals surface area contributed by atoms with Gasteiger partial charge in [-0.2, -0.15) is 5.10 Å². The summed E-state index contributed by atoms with van der Waals surface area (Å²) in [4.78, 5) is 11.1. The maximum absolute atomic E-state index is 11.1. The summed E-state index contributed by atoms with van der Waals surface area (Å²) in [7, 11) is 0. The number of aromatic carboxylic acids is 1. The van der Waals surface area contributed by atoms with Gasteiger partial charge >= 0.3 is 5.97 Å². The molecule has 5 heteroatoms. The Labute approximate surface area is 162 Å². The molecule has 2 N–H and O–H groups in total. The quantitative estimate of drug-likeness (QED) is 0.500. The van der Waals surface area contributed by atoms with Gasteiger partial charge in [0.2, 0.25) is 0 Å². The van der Waals surface area contributed by atoms with Crippen LogP contribution in [0.5, 0.6) is 5.75 Å². The minimum absolute atomic E-state index is 0.238. The van der Waals surface area contributed by atoms with Crippen LogP contribution in [0.1, 0.15) is 15.9 Å². The van der Waals surface area contributed by atoms with Crippen LogP contribution in [0.2, 0.25) is 0 Å². The van der Waals surface area contributed by atoms with Gasteiger partial charge in [-0.3, -0.25) is 5.10 Å². The molecule has 0 atom stereocenters. The maximum atomic E-state index is 11.1. The average Bonchev–Trinajstić information content (AvgIpc) is 3.24. The predicted molar refractivity (Wildman–Crippen MR) is 107 cm³/mol. The molecule has 28 heavy (non-hydrogen) atoms. The molecule has 4 aromatic rings. The normalized spacial score (nSPS) is 10.6. The van der Waals surface area contributed by atoms with Crippen molar-refractivity contribution in [2.75, 3.05) is 0 Å². The molecule has 0 saturated carbocycles. The Morgan fingerprint density at radius 3 is 2.43 bits per heavy atom. The van der Waals surface area contributed by atoms with Crippen molar-refractivity contribution in [2.45, 2.75) is 6.61 Å². The zero-order chi connectivity index (χ0) is 19.3. The molecule has 1 heterocycles. The van der Waals surface area contributed by atoms with E-state index in [1.165, 1.54) is 0 Å². The molecule has 0 unspecified atom stereocenters. The highest BCUT2D eigenvalue weighted by atomic mass is 16.5. The Kier molecular flexibility index (Phi) is 4.89. The Hall–Kier alpha value is -3.86. The van der Waals surface area contributed by atoms with Crippen LogP contribution in [-0.4, -0.2) is 21.3 Å². The van der Waals surface area contributed by atoms with E-state index in [-0.39, 0.29) is 5.56 Å². The van der Waals surface area contributed by atoms with Gasteiger partial charge in [-0.15, -0.1) is 0 Å². The number of ether oxygens (including phenoxy) is 1. The van der Waals surface area contributed by atoms with Crippen LogP contribution in [0.25, 0.3) is 22.5 Å². The number of carbonyl (C=O) groups is 1. The lowest BCUT2D eigenvalue weighted by Crippen LogP contribution is -1.95. The number of aromatic amines is 1. The number of nitrogens with one attached hydrogen (secondary N) is 1. The first-order chi connectivity index (χ1) is 13.7. The highest BCUT2D eigenvalue weighted by molar-refractivity contribution is 5.89. The van der Waals surface area contributed by atoms with E-state index in [9.17, 15) is 4.79 Å². The third kappa shape index (κ3) is 3.94. The zero-order valence-corrected chi connectivity index (χ0v) is 15.0. The van der Waals surface area contributed by atoms with Gasteiger partial charge in [-0.1, -0.05) is 42.5 Å². The monoisotopic (exact) mass is 370 g/mol. The summed E-state index contributed by atoms with van der Waals surface area (Å²) in [5, 5.41) is 16.5. The number of hydrogen-bond donors (Lipinski definition) is 2. The standard InChI is InChI=1S/C23H18N2O3/c26-23(27)19-8-4-7-18(13-19)22-14-21(24-25-22)17-9-11-20(12-10-17)28-15-16-5-2-1-3-6-16/h1-14H,15H2,(H,24,25)(H,26,27). The molecule has 0 radical (unpaired) electrons. The molecule has 0 fully saturated rings. The minimum atomic E-state index is -0.955. The highest BCUT2D eigenvalue weighted by Gasteiger charge is 2.09. The lowest BCUT2D eigenvalue weighted by molar-refractivity contribution is 0.0697. The van der Waals surface area contributed by atoms with Gasteiger partial charge in [0, 0.05) is 5.56 Å². The molecule has 0 saturated heterocycles. The molecule has 1 aromatic heterocycles. The minimum Gasteiger partial charge on any atom is -0.489 e. The lowest BCUT2D eigenvalue weighted by atomic mass is 10.1. The van der Waals surface area contributed by atoms with Crippen molar-refractivity contribution in [1.29, 1.82) is 0 Å². The summed E-state index contributed by atoms with van der Waals surface area (Å²) in [6.45, 7) is 0.522. The first kappa shape index (κ1) is 17.5. The molecule has 138 valence electrons. The zero-order valence-electron chi connectivity index (χ0n) is 15.0. The summed E-state index contributed by atoms with van der Waals surface area (Å²) in [5.41, 5.74) is 4.63. The number of H-pyrrole nitrogens is 1. The smallest absolute Gasteiger partial charge is 0.335 e. The fraction of sp³-hybridized carbons (Fsp3) is 0.0435. The van der Waals surface area contributed by atoms with Gasteiger partial charge in [0.1, 0.15) is 12.4 Å². The molecule has 3 aromatic carbocycles. The Morgan fingerprint density at radius 1 is 0.893 bits per heavy atom. The van der Waals surface area contributed by atoms with Gasteiger partial charge in [0.15, 0.2) is 0 Å². The number of aromatic nitrogens is 2. The van der Waals surface area contributed by atoms with Crippen LogP contribution < -0.4 is 4.74 Å². The van der Waals surface area contributed by atoms with E-state index in [1.54, 1.807) is 18.2 Å². The molecule has 0 bridgehead atoms. The fourth-order valence-electron chi connectivity index (χ4n) is 2.90. The van der Waals surface area contributed by atoms with Crippen LogP contribution in [0.4, 0.5) is 0 Å². The van der Waals surface area contributed by atoms with E-state index < -0.39 is 5.97 Å². The van der Waals surface area contributed by atoms with Crippen molar-refractivity contribution in [1.82, 2.24) is 10.2 Å². The number of nitrogens with zero attached hydrogens (tertiary/aromatic N) is 1. The SMILES string of the molecule is O=C(O)c1cccc(-c2cc(-c3ccc(OCc4ccccc4)cc3)[nH]n2)c1. The number of hydrogen-bond acceptors (Lipinski definition) is 3. The van der Waals surface area contributed by atoms with Crippen molar-refractivity contribution in [3.05, 3.63) is 96.1 Å². The van der Waals surface area contributed by atoms with Gasteiger partial charge in [-0.25, -0.2) is 4.79 Å². The second-order valence-electron chi connectivity index (χ2n) is 6.35. The summed E-state index contributed by atoms with van der Waals surface area (Å²) in [6.07, 6.45) is 0. The number of carboxylic acids is 1. The van der Waals surface area contributed by atoms with E-state index in [4.69, 9.17) is 9.84 Å². The highest BCUT2D eigenvalue weighted by Crippen LogP contribution is 2.26. The topological polar surface area (TPSA) is 75.2 Å². The number of rotatable bonds is 6. The Morgan fingerprint density at radius 2 is 1.68 bits per heavy atom. The molecule has 0 amide bonds. The summed E-state index contributed by atoms with van der Waals surface area (Å²) in [5.74, 6) is -0.162. The summed E-state index contributed by atoms with van der Waals surface area (Å²) in [6, 6.07) is 26.4. The molecule has 4 rings (SSSR count). The van der Waals surface area contributed by atoms with E-state index in [0.29, 0.717) is 12.3 Å². The summed E-state index contributed by atoms with van der Waals surface area (Å²) < 4.78 is 5.81. The van der Waals surface area contributed by atoms with Gasteiger partial charge in [-0.05, 0) is 53.6 Å². The second-order valence-corrected chi connectivity index (χ2v) is 6.35. The summed E-state index contributed by atoms with van der Waals surface area (Å²) >= 11 is 0. The van der Waals surface area contributed by atoms with Crippen molar-refractivity contribution in [2.24, 2.45) is 0 Å². The lowest BCUT2D eigenvalue weighted by Gasteiger charge is -2.06. The molecular formula is C23H18N2O3. The third-order valence-electron chi connectivity index (χ3n) is 4.40. The van der Waals surface area contributed by atoms with Crippen molar-refractivity contribution < 1.29 is 14.6 Å². The van der Waals surface area contributed by atoms with E-state index in [2.05, 4.69) is 10.2 Å². The van der Waals surface area contributed by atoms with Crippen molar-refractivity contribution >= 4 is 5.97 Å². The van der Waals surface area contributed by atoms with Crippen molar-refractivity contribution in [3.8, 4) is 28.3 Å². The van der Waals surface area contributed by atoms with Crippen LogP contribution in [-0.2, 0) is 6.61 Å². The van der Waals surface area contributed by atoms with Gasteiger partial charge in [0.05, 0.1) is 17.0 Å². The maximum Gasteiger partial charge on any atom is 0.335 e. The molecular weight excluding hydrogens is 352 g/mol. The van der Waals surface area contributed by atoms with Crippen molar-refractivity contribution in [3.63, 3.8) is 0 Å². The molecule has 0 aliphatic rings. The van der Waals surface area contributed by atoms with E-state index >= 15 is 0 Å². The number of benzene rings is 3. The first-order valence-electron chi connectivity index (χ1n) is 8.85. The van der Waals surface area contributed by atoms with Crippen LogP contribution in [0, 0.1) is 0 Å². The van der Waals surface area contributed by atoms with Gasteiger partial charge in [0.25, 0.3) is 0 Å². The van der Waals surface area contributed by atoms with E-state index in [0.717, 1.165) is 28.1 Å². The van der Waals surface area contributed by atoms with Crippen LogP contribution in [0.3, 0.4) is 0 Å². The number of carboxylic acid groups (broad SMARTS) is 1. The third-order valence-corrected chi connectivity index (χ3v) is 4.40. The van der Waals surface area contributed by atoms with Crippen LogP contribution in [0.15, 0.2) is 84.9 Å². The second kappa shape index (κ2) is 7.80. The van der Waals surface area contributed by atoms with E-state index in [1.807, 2.05) is 66.7 Å². The molecule has 0 aliphatic heterocycles. The van der Waals surface area contributed by atoms with Crippen LogP contribution >= 0.6 is 0 Å². The Bertz CT molecular complexity index is 1090. The average molecular weight is 370 g/mol. The molecule has 0 aliphatic carbocycles. The Balaban J connectivity index is 1.48. The largest absolute Gasteiger partial charge is 0.489 e.